The van der Waals surface area contributed by atoms with Crippen LogP contribution in [0.25, 0.3) is 0 Å². The van der Waals surface area contributed by atoms with Gasteiger partial charge in [0.25, 0.3) is 11.8 Å². The van der Waals surface area contributed by atoms with Gasteiger partial charge in [-0.25, -0.2) is 0 Å². The molecule has 31 heavy (non-hydrogen) atoms. The number of anilines is 1. The van der Waals surface area contributed by atoms with Gasteiger partial charge in [-0.2, -0.15) is 0 Å². The fourth-order valence-electron chi connectivity index (χ4n) is 3.60. The van der Waals surface area contributed by atoms with E-state index in [-0.39, 0.29) is 5.78 Å². The standard InChI is InChI=1S/C22H20ClN3O3S2/c23-13-9-7-12(8-10-13)21(29)25-20(18(27)16-6-3-11-30-16)26-22-17(19(24)28)14-4-1-2-5-15(14)31-22/h3,6-11,20,26H,1-2,4-5H2,(H2,24,28)(H,25,29)/t20-/m1/s1. The number of rotatable bonds is 7. The summed E-state index contributed by atoms with van der Waals surface area (Å²) in [5.74, 6) is -1.26. The Kier molecular flexibility index (Phi) is 6.41. The highest BCUT2D eigenvalue weighted by atomic mass is 35.5. The van der Waals surface area contributed by atoms with Crippen molar-refractivity contribution in [1.29, 1.82) is 0 Å². The van der Waals surface area contributed by atoms with Crippen LogP contribution in [0.2, 0.25) is 5.02 Å². The summed E-state index contributed by atoms with van der Waals surface area (Å²) < 4.78 is 0. The van der Waals surface area contributed by atoms with Gasteiger partial charge in [0.1, 0.15) is 5.00 Å². The molecule has 160 valence electrons. The second-order valence-corrected chi connectivity index (χ2v) is 9.67. The number of nitrogens with one attached hydrogen (secondary N) is 2. The molecule has 0 spiro atoms. The van der Waals surface area contributed by atoms with Crippen molar-refractivity contribution >= 4 is 56.9 Å². The van der Waals surface area contributed by atoms with Crippen LogP contribution in [-0.2, 0) is 12.8 Å². The fourth-order valence-corrected chi connectivity index (χ4v) is 5.75. The van der Waals surface area contributed by atoms with E-state index in [1.165, 1.54) is 22.7 Å². The number of primary amides is 1. The van der Waals surface area contributed by atoms with Crippen molar-refractivity contribution in [3.63, 3.8) is 0 Å². The van der Waals surface area contributed by atoms with Gasteiger partial charge >= 0.3 is 0 Å². The van der Waals surface area contributed by atoms with E-state index in [2.05, 4.69) is 10.6 Å². The molecule has 0 radical (unpaired) electrons. The number of fused-ring (bicyclic) bond motifs is 1. The molecule has 2 aromatic heterocycles. The molecule has 2 heterocycles. The Labute approximate surface area is 192 Å². The smallest absolute Gasteiger partial charge is 0.253 e. The Morgan fingerprint density at radius 1 is 1.06 bits per heavy atom. The van der Waals surface area contributed by atoms with Gasteiger partial charge in [-0.3, -0.25) is 14.4 Å². The van der Waals surface area contributed by atoms with Gasteiger partial charge in [-0.15, -0.1) is 22.7 Å². The van der Waals surface area contributed by atoms with Crippen LogP contribution in [0.15, 0.2) is 41.8 Å². The van der Waals surface area contributed by atoms with Gasteiger partial charge < -0.3 is 16.4 Å². The molecule has 0 unspecified atom stereocenters. The minimum absolute atomic E-state index is 0.292. The van der Waals surface area contributed by atoms with Gasteiger partial charge in [-0.05, 0) is 67.0 Å². The van der Waals surface area contributed by atoms with E-state index < -0.39 is 18.0 Å². The van der Waals surface area contributed by atoms with E-state index >= 15 is 0 Å². The van der Waals surface area contributed by atoms with Crippen LogP contribution in [0, 0.1) is 0 Å². The lowest BCUT2D eigenvalue weighted by Crippen LogP contribution is -2.46. The van der Waals surface area contributed by atoms with E-state index in [1.54, 1.807) is 41.8 Å². The zero-order valence-corrected chi connectivity index (χ0v) is 18.8. The second-order valence-electron chi connectivity index (χ2n) is 7.18. The quantitative estimate of drug-likeness (QED) is 0.347. The number of thiophene rings is 2. The van der Waals surface area contributed by atoms with Crippen LogP contribution in [0.1, 0.15) is 53.7 Å². The van der Waals surface area contributed by atoms with Crippen molar-refractivity contribution in [2.24, 2.45) is 5.73 Å². The number of carbonyl (C=O) groups excluding carboxylic acids is 3. The third-order valence-electron chi connectivity index (χ3n) is 5.10. The van der Waals surface area contributed by atoms with Crippen LogP contribution in [0.5, 0.6) is 0 Å². The van der Waals surface area contributed by atoms with E-state index in [0.717, 1.165) is 36.1 Å². The van der Waals surface area contributed by atoms with Crippen LogP contribution in [0.4, 0.5) is 5.00 Å². The average molecular weight is 474 g/mol. The van der Waals surface area contributed by atoms with Gasteiger partial charge in [0.15, 0.2) is 6.17 Å². The van der Waals surface area contributed by atoms with Crippen molar-refractivity contribution in [3.8, 4) is 0 Å². The Morgan fingerprint density at radius 2 is 1.81 bits per heavy atom. The second kappa shape index (κ2) is 9.21. The number of amides is 2. The topological polar surface area (TPSA) is 101 Å². The van der Waals surface area contributed by atoms with E-state index in [9.17, 15) is 14.4 Å². The first-order chi connectivity index (χ1) is 14.9. The first kappa shape index (κ1) is 21.5. The molecule has 0 bridgehead atoms. The molecule has 0 aliphatic heterocycles. The lowest BCUT2D eigenvalue weighted by molar-refractivity contribution is 0.0871. The number of halogens is 1. The molecular weight excluding hydrogens is 454 g/mol. The monoisotopic (exact) mass is 473 g/mol. The summed E-state index contributed by atoms with van der Waals surface area (Å²) in [5.41, 5.74) is 7.43. The maximum absolute atomic E-state index is 13.2. The number of hydrogen-bond acceptors (Lipinski definition) is 6. The molecule has 0 fully saturated rings. The minimum atomic E-state index is -1.06. The molecule has 9 heteroatoms. The fraction of sp³-hybridized carbons (Fsp3) is 0.227. The van der Waals surface area contributed by atoms with Crippen LogP contribution >= 0.6 is 34.3 Å². The third kappa shape index (κ3) is 4.66. The van der Waals surface area contributed by atoms with Gasteiger partial charge in [0.05, 0.1) is 10.4 Å². The first-order valence-electron chi connectivity index (χ1n) is 9.79. The molecule has 1 aromatic carbocycles. The summed E-state index contributed by atoms with van der Waals surface area (Å²) in [7, 11) is 0. The van der Waals surface area contributed by atoms with Gasteiger partial charge in [0.2, 0.25) is 5.78 Å². The SMILES string of the molecule is NC(=O)c1c(N[C@@H](NC(=O)c2ccc(Cl)cc2)C(=O)c2cccs2)sc2c1CCCC2. The highest BCUT2D eigenvalue weighted by Gasteiger charge is 2.29. The molecule has 1 aliphatic carbocycles. The van der Waals surface area contributed by atoms with Gasteiger partial charge in [0, 0.05) is 15.5 Å². The van der Waals surface area contributed by atoms with Crippen LogP contribution in [0.3, 0.4) is 0 Å². The molecule has 0 saturated carbocycles. The summed E-state index contributed by atoms with van der Waals surface area (Å²) in [6.45, 7) is 0. The molecular formula is C22H20ClN3O3S2. The number of benzene rings is 1. The van der Waals surface area contributed by atoms with E-state index in [1.807, 2.05) is 0 Å². The van der Waals surface area contributed by atoms with E-state index in [4.69, 9.17) is 17.3 Å². The molecule has 4 N–H and O–H groups in total. The Morgan fingerprint density at radius 3 is 2.48 bits per heavy atom. The van der Waals surface area contributed by atoms with Crippen molar-refractivity contribution in [1.82, 2.24) is 5.32 Å². The predicted molar refractivity (Wildman–Crippen MR) is 124 cm³/mol. The third-order valence-corrected chi connectivity index (χ3v) is 7.46. The maximum Gasteiger partial charge on any atom is 0.253 e. The van der Waals surface area contributed by atoms with E-state index in [0.29, 0.717) is 26.0 Å². The number of hydrogen-bond donors (Lipinski definition) is 3. The summed E-state index contributed by atoms with van der Waals surface area (Å²) in [6.07, 6.45) is 2.65. The van der Waals surface area contributed by atoms with Crippen molar-refractivity contribution in [2.75, 3.05) is 5.32 Å². The first-order valence-corrected chi connectivity index (χ1v) is 11.9. The van der Waals surface area contributed by atoms with Gasteiger partial charge in [-0.1, -0.05) is 17.7 Å². The van der Waals surface area contributed by atoms with Crippen LogP contribution in [-0.4, -0.2) is 23.8 Å². The molecule has 1 aliphatic rings. The van der Waals surface area contributed by atoms with Crippen molar-refractivity contribution in [3.05, 3.63) is 73.2 Å². The average Bonchev–Trinajstić information content (AvgIpc) is 3.41. The highest BCUT2D eigenvalue weighted by Crippen LogP contribution is 2.38. The zero-order chi connectivity index (χ0) is 22.0. The lowest BCUT2D eigenvalue weighted by Gasteiger charge is -2.20. The summed E-state index contributed by atoms with van der Waals surface area (Å²) in [4.78, 5) is 39.8. The minimum Gasteiger partial charge on any atom is -0.365 e. The Balaban J connectivity index is 1.66. The summed E-state index contributed by atoms with van der Waals surface area (Å²) >= 11 is 8.62. The molecule has 3 aromatic rings. The normalized spacial score (nSPS) is 13.8. The number of Topliss-reactive ketones (excluding diaryl/α,β-unsaturated/α-hetero) is 1. The van der Waals surface area contributed by atoms with Crippen molar-refractivity contribution in [2.45, 2.75) is 31.8 Å². The lowest BCUT2D eigenvalue weighted by atomic mass is 9.95. The molecule has 4 rings (SSSR count). The summed E-state index contributed by atoms with van der Waals surface area (Å²) in [5, 5.41) is 8.68. The van der Waals surface area contributed by atoms with Crippen molar-refractivity contribution < 1.29 is 14.4 Å². The zero-order valence-electron chi connectivity index (χ0n) is 16.4. The molecule has 0 saturated heterocycles. The Hall–Kier alpha value is -2.68. The number of ketones is 1. The number of carbonyl (C=O) groups is 3. The molecule has 2 amide bonds. The predicted octanol–water partition coefficient (Wildman–Crippen LogP) is 4.49. The maximum atomic E-state index is 13.2. The number of aryl methyl sites for hydroxylation is 1. The largest absolute Gasteiger partial charge is 0.365 e. The molecule has 1 atom stereocenters. The summed E-state index contributed by atoms with van der Waals surface area (Å²) in [6, 6.07) is 9.86. The Bertz CT molecular complexity index is 1120. The highest BCUT2D eigenvalue weighted by molar-refractivity contribution is 7.16. The van der Waals surface area contributed by atoms with Crippen LogP contribution < -0.4 is 16.4 Å². The molecule has 6 nitrogen and oxygen atoms in total. The number of nitrogens with two attached hydrogens (primary N) is 1.